The fraction of sp³-hybridized carbons (Fsp3) is 0.538. The summed E-state index contributed by atoms with van der Waals surface area (Å²) < 4.78 is 5.43. The number of ether oxygens (including phenoxy) is 1. The van der Waals surface area contributed by atoms with Crippen LogP contribution >= 0.6 is 15.9 Å². The van der Waals surface area contributed by atoms with Crippen molar-refractivity contribution in [3.8, 4) is 5.75 Å². The minimum absolute atomic E-state index is 0.613. The van der Waals surface area contributed by atoms with Gasteiger partial charge in [0, 0.05) is 10.7 Å². The highest BCUT2D eigenvalue weighted by molar-refractivity contribution is 9.09. The molecule has 0 radical (unpaired) electrons. The van der Waals surface area contributed by atoms with E-state index >= 15 is 0 Å². The number of hydrogen-bond acceptors (Lipinski definition) is 1. The molecule has 0 heterocycles. The Morgan fingerprint density at radius 1 is 1.20 bits per heavy atom. The molecule has 0 saturated heterocycles. The first-order valence-corrected chi connectivity index (χ1v) is 6.51. The van der Waals surface area contributed by atoms with E-state index in [0.717, 1.165) is 5.75 Å². The van der Waals surface area contributed by atoms with Crippen molar-refractivity contribution in [1.82, 2.24) is 0 Å². The molecule has 15 heavy (non-hydrogen) atoms. The summed E-state index contributed by atoms with van der Waals surface area (Å²) in [6, 6.07) is 8.40. The van der Waals surface area contributed by atoms with Crippen LogP contribution in [-0.2, 0) is 0 Å². The highest BCUT2D eigenvalue weighted by Gasteiger charge is 2.26. The van der Waals surface area contributed by atoms with Gasteiger partial charge in [-0.15, -0.1) is 0 Å². The van der Waals surface area contributed by atoms with E-state index in [-0.39, 0.29) is 0 Å². The Morgan fingerprint density at radius 2 is 1.93 bits per heavy atom. The number of rotatable bonds is 2. The Balaban J connectivity index is 2.26. The van der Waals surface area contributed by atoms with Crippen molar-refractivity contribution in [3.63, 3.8) is 0 Å². The molecule has 0 N–H and O–H groups in total. The van der Waals surface area contributed by atoms with E-state index in [9.17, 15) is 0 Å². The molecule has 2 unspecified atom stereocenters. The lowest BCUT2D eigenvalue weighted by Gasteiger charge is -2.28. The van der Waals surface area contributed by atoms with Crippen LogP contribution < -0.4 is 4.74 Å². The predicted octanol–water partition coefficient (Wildman–Crippen LogP) is 4.12. The molecule has 2 rings (SSSR count). The Labute approximate surface area is 100.0 Å². The summed E-state index contributed by atoms with van der Waals surface area (Å²) in [5.74, 6) is 1.66. The summed E-state index contributed by atoms with van der Waals surface area (Å²) >= 11 is 3.80. The lowest BCUT2D eigenvalue weighted by molar-refractivity contribution is 0.392. The maximum atomic E-state index is 5.43. The van der Waals surface area contributed by atoms with Crippen LogP contribution in [0.4, 0.5) is 0 Å². The second-order valence-corrected chi connectivity index (χ2v) is 5.33. The van der Waals surface area contributed by atoms with E-state index in [0.29, 0.717) is 10.7 Å². The van der Waals surface area contributed by atoms with Gasteiger partial charge < -0.3 is 4.74 Å². The molecule has 0 spiro atoms. The van der Waals surface area contributed by atoms with Crippen LogP contribution in [0.2, 0.25) is 0 Å². The molecule has 1 fully saturated rings. The summed E-state index contributed by atoms with van der Waals surface area (Å²) in [4.78, 5) is 0.613. The lowest BCUT2D eigenvalue weighted by atomic mass is 9.83. The second-order valence-electron chi connectivity index (χ2n) is 4.15. The zero-order valence-electron chi connectivity index (χ0n) is 9.08. The number of benzene rings is 1. The molecule has 2 atom stereocenters. The van der Waals surface area contributed by atoms with Crippen LogP contribution in [-0.4, -0.2) is 11.9 Å². The molecule has 1 saturated carbocycles. The summed E-state index contributed by atoms with van der Waals surface area (Å²) in [6.45, 7) is 0. The van der Waals surface area contributed by atoms with Gasteiger partial charge >= 0.3 is 0 Å². The molecule has 82 valence electrons. The van der Waals surface area contributed by atoms with Crippen molar-refractivity contribution in [3.05, 3.63) is 29.8 Å². The van der Waals surface area contributed by atoms with Crippen LogP contribution in [0.15, 0.2) is 24.3 Å². The third-order valence-corrected chi connectivity index (χ3v) is 4.32. The Kier molecular flexibility index (Phi) is 3.68. The highest BCUT2D eigenvalue weighted by atomic mass is 79.9. The molecule has 0 aromatic heterocycles. The van der Waals surface area contributed by atoms with Crippen LogP contribution in [0.3, 0.4) is 0 Å². The fourth-order valence-corrected chi connectivity index (χ4v) is 3.28. The number of hydrogen-bond donors (Lipinski definition) is 0. The molecule has 1 aliphatic carbocycles. The normalized spacial score (nSPS) is 26.3. The van der Waals surface area contributed by atoms with Crippen molar-refractivity contribution in [2.24, 2.45) is 0 Å². The maximum Gasteiger partial charge on any atom is 0.122 e. The van der Waals surface area contributed by atoms with Crippen molar-refractivity contribution < 1.29 is 4.74 Å². The first-order chi connectivity index (χ1) is 7.33. The van der Waals surface area contributed by atoms with Crippen LogP contribution in [0.1, 0.15) is 37.2 Å². The summed E-state index contributed by atoms with van der Waals surface area (Å²) in [5.41, 5.74) is 1.36. The maximum absolute atomic E-state index is 5.43. The average molecular weight is 269 g/mol. The van der Waals surface area contributed by atoms with E-state index in [2.05, 4.69) is 34.1 Å². The van der Waals surface area contributed by atoms with E-state index < -0.39 is 0 Å². The van der Waals surface area contributed by atoms with Gasteiger partial charge in [-0.05, 0) is 24.5 Å². The van der Waals surface area contributed by atoms with Crippen LogP contribution in [0.25, 0.3) is 0 Å². The van der Waals surface area contributed by atoms with E-state index in [1.807, 2.05) is 6.07 Å². The minimum atomic E-state index is 0.613. The Bertz CT molecular complexity index is 324. The third kappa shape index (κ3) is 2.36. The van der Waals surface area contributed by atoms with Crippen molar-refractivity contribution in [2.75, 3.05) is 7.11 Å². The monoisotopic (exact) mass is 268 g/mol. The van der Waals surface area contributed by atoms with Gasteiger partial charge in [0.1, 0.15) is 5.75 Å². The van der Waals surface area contributed by atoms with Gasteiger partial charge in [-0.2, -0.15) is 0 Å². The first-order valence-electron chi connectivity index (χ1n) is 5.60. The van der Waals surface area contributed by atoms with Gasteiger partial charge in [0.2, 0.25) is 0 Å². The predicted molar refractivity (Wildman–Crippen MR) is 66.9 cm³/mol. The fourth-order valence-electron chi connectivity index (χ4n) is 2.41. The first kappa shape index (κ1) is 11.0. The number of halogens is 1. The molecule has 0 aliphatic heterocycles. The van der Waals surface area contributed by atoms with Crippen LogP contribution in [0.5, 0.6) is 5.75 Å². The number of methoxy groups -OCH3 is 1. The third-order valence-electron chi connectivity index (χ3n) is 3.22. The number of alkyl halides is 1. The molecule has 0 bridgehead atoms. The van der Waals surface area contributed by atoms with Gasteiger partial charge in [0.05, 0.1) is 7.11 Å². The number of para-hydroxylation sites is 1. The zero-order valence-corrected chi connectivity index (χ0v) is 10.7. The van der Waals surface area contributed by atoms with Crippen molar-refractivity contribution in [2.45, 2.75) is 36.4 Å². The molecule has 1 aliphatic rings. The second kappa shape index (κ2) is 5.02. The Hall–Kier alpha value is -0.500. The standard InChI is InChI=1S/C13H17BrO/c1-15-13-9-5-3-7-11(13)10-6-2-4-8-12(10)14/h3,5,7,9-10,12H,2,4,6,8H2,1H3. The summed E-state index contributed by atoms with van der Waals surface area (Å²) in [5, 5.41) is 0. The SMILES string of the molecule is COc1ccccc1C1CCCCC1Br. The highest BCUT2D eigenvalue weighted by Crippen LogP contribution is 2.40. The zero-order chi connectivity index (χ0) is 10.7. The van der Waals surface area contributed by atoms with Crippen LogP contribution in [0, 0.1) is 0 Å². The van der Waals surface area contributed by atoms with Gasteiger partial charge in [-0.1, -0.05) is 47.0 Å². The molecule has 2 heteroatoms. The molecule has 0 amide bonds. The molecule has 1 aromatic rings. The summed E-state index contributed by atoms with van der Waals surface area (Å²) in [6.07, 6.45) is 5.24. The van der Waals surface area contributed by atoms with E-state index in [1.54, 1.807) is 7.11 Å². The summed E-state index contributed by atoms with van der Waals surface area (Å²) in [7, 11) is 1.75. The molecule has 1 aromatic carbocycles. The molecular formula is C13H17BrO. The minimum Gasteiger partial charge on any atom is -0.496 e. The average Bonchev–Trinajstić information content (AvgIpc) is 2.30. The lowest BCUT2D eigenvalue weighted by Crippen LogP contribution is -2.17. The van der Waals surface area contributed by atoms with Gasteiger partial charge in [-0.25, -0.2) is 0 Å². The van der Waals surface area contributed by atoms with Crippen molar-refractivity contribution >= 4 is 15.9 Å². The smallest absolute Gasteiger partial charge is 0.122 e. The van der Waals surface area contributed by atoms with Crippen molar-refractivity contribution in [1.29, 1.82) is 0 Å². The van der Waals surface area contributed by atoms with Gasteiger partial charge in [0.15, 0.2) is 0 Å². The van der Waals surface area contributed by atoms with Gasteiger partial charge in [0.25, 0.3) is 0 Å². The molecule has 1 nitrogen and oxygen atoms in total. The Morgan fingerprint density at radius 3 is 2.67 bits per heavy atom. The topological polar surface area (TPSA) is 9.23 Å². The largest absolute Gasteiger partial charge is 0.496 e. The van der Waals surface area contributed by atoms with Gasteiger partial charge in [-0.3, -0.25) is 0 Å². The molecular weight excluding hydrogens is 252 g/mol. The quantitative estimate of drug-likeness (QED) is 0.734. The van der Waals surface area contributed by atoms with E-state index in [1.165, 1.54) is 31.2 Å². The van der Waals surface area contributed by atoms with E-state index in [4.69, 9.17) is 4.74 Å².